The second-order valence-corrected chi connectivity index (χ2v) is 9.85. The molecule has 0 radical (unpaired) electrons. The number of hydrogen-bond acceptors (Lipinski definition) is 4. The van der Waals surface area contributed by atoms with Gasteiger partial charge in [0.25, 0.3) is 10.1 Å². The molecule has 2 aliphatic carbocycles. The van der Waals surface area contributed by atoms with Crippen molar-refractivity contribution in [3.05, 3.63) is 27.2 Å². The topological polar surface area (TPSA) is 80.7 Å². The molecule has 0 bridgehead atoms. The minimum absolute atomic E-state index is 0. The van der Waals surface area contributed by atoms with E-state index in [-0.39, 0.29) is 64.2 Å². The number of hydrogen-bond donors (Lipinski definition) is 1. The van der Waals surface area contributed by atoms with Gasteiger partial charge in [0.2, 0.25) is 0 Å². The average molecular weight is 459 g/mol. The molecule has 0 saturated heterocycles. The number of ether oxygens (including phenoxy) is 1. The predicted octanol–water partition coefficient (Wildman–Crippen LogP) is 4.33. The molecule has 9 heteroatoms. The fourth-order valence-corrected chi connectivity index (χ4v) is 5.60. The van der Waals surface area contributed by atoms with Crippen LogP contribution in [0.2, 0.25) is 10.0 Å². The summed E-state index contributed by atoms with van der Waals surface area (Å²) in [5.74, 6) is 0.428. The molecule has 0 spiro atoms. The summed E-state index contributed by atoms with van der Waals surface area (Å²) >= 11 is 12.8. The van der Waals surface area contributed by atoms with Gasteiger partial charge in [0, 0.05) is 11.0 Å². The molecule has 2 aliphatic rings. The molecular weight excluding hydrogens is 434 g/mol. The molecule has 152 valence electrons. The van der Waals surface area contributed by atoms with Gasteiger partial charge in [0.05, 0.1) is 17.4 Å². The van der Waals surface area contributed by atoms with Crippen molar-refractivity contribution in [2.75, 3.05) is 12.4 Å². The number of carbonyl (C=O) groups is 1. The molecule has 1 aromatic rings. The first-order valence-electron chi connectivity index (χ1n) is 9.33. The molecule has 28 heavy (non-hydrogen) atoms. The number of ketones is 1. The number of Topliss-reactive ketones (excluding diaryl/α,β-unsaturated/α-hetero) is 1. The van der Waals surface area contributed by atoms with E-state index in [1.165, 1.54) is 0 Å². The Morgan fingerprint density at radius 1 is 1.25 bits per heavy atom. The Hall–Kier alpha value is 0.180. The van der Waals surface area contributed by atoms with Crippen LogP contribution in [0.4, 0.5) is 0 Å². The van der Waals surface area contributed by atoms with Crippen LogP contribution < -0.4 is 4.74 Å². The summed E-state index contributed by atoms with van der Waals surface area (Å²) in [4.78, 5) is 13.3. The van der Waals surface area contributed by atoms with Gasteiger partial charge in [-0.05, 0) is 49.7 Å². The summed E-state index contributed by atoms with van der Waals surface area (Å²) < 4.78 is 36.0. The zero-order valence-corrected chi connectivity index (χ0v) is 17.6. The molecule has 1 fully saturated rings. The molecule has 0 amide bonds. The molecule has 5 nitrogen and oxygen atoms in total. The van der Waals surface area contributed by atoms with Crippen LogP contribution in [0.5, 0.6) is 5.75 Å². The van der Waals surface area contributed by atoms with Crippen molar-refractivity contribution in [3.8, 4) is 5.75 Å². The number of rotatable bonds is 7. The first kappa shape index (κ1) is 24.4. The molecule has 0 aromatic heterocycles. The van der Waals surface area contributed by atoms with Crippen LogP contribution in [0.1, 0.15) is 61.4 Å². The van der Waals surface area contributed by atoms with Crippen LogP contribution in [-0.2, 0) is 16.5 Å². The van der Waals surface area contributed by atoms with Gasteiger partial charge in [0.15, 0.2) is 5.78 Å². The summed E-state index contributed by atoms with van der Waals surface area (Å²) in [6.45, 7) is 2.13. The zero-order valence-electron chi connectivity index (χ0n) is 15.3. The Morgan fingerprint density at radius 3 is 2.46 bits per heavy atom. The van der Waals surface area contributed by atoms with Crippen LogP contribution in [0, 0.1) is 11.3 Å². The van der Waals surface area contributed by atoms with Crippen molar-refractivity contribution in [1.82, 2.24) is 0 Å². The molecule has 1 N–H and O–H groups in total. The molecule has 3 rings (SSSR count). The van der Waals surface area contributed by atoms with E-state index in [9.17, 15) is 13.2 Å². The van der Waals surface area contributed by atoms with Gasteiger partial charge in [-0.25, -0.2) is 0 Å². The molecule has 1 atom stereocenters. The molecule has 1 saturated carbocycles. The van der Waals surface area contributed by atoms with Crippen LogP contribution in [0.15, 0.2) is 6.07 Å². The van der Waals surface area contributed by atoms with Crippen molar-refractivity contribution >= 4 is 68.7 Å². The number of benzene rings is 1. The fraction of sp³-hybridized carbons (Fsp3) is 0.632. The van der Waals surface area contributed by atoms with E-state index < -0.39 is 15.5 Å². The molecule has 0 aliphatic heterocycles. The van der Waals surface area contributed by atoms with Crippen LogP contribution in [0.25, 0.3) is 0 Å². The van der Waals surface area contributed by atoms with Crippen LogP contribution in [-0.4, -0.2) is 60.7 Å². The maximum absolute atomic E-state index is 13.3. The average Bonchev–Trinajstić information content (AvgIpc) is 3.22. The van der Waals surface area contributed by atoms with E-state index in [1.807, 2.05) is 0 Å². The van der Waals surface area contributed by atoms with Crippen molar-refractivity contribution in [2.45, 2.75) is 51.9 Å². The third-order valence-electron chi connectivity index (χ3n) is 6.01. The molecule has 1 unspecified atom stereocenters. The Morgan fingerprint density at radius 2 is 1.89 bits per heavy atom. The van der Waals surface area contributed by atoms with Crippen molar-refractivity contribution in [3.63, 3.8) is 0 Å². The van der Waals surface area contributed by atoms with Gasteiger partial charge >= 0.3 is 29.6 Å². The Kier molecular flexibility index (Phi) is 8.33. The van der Waals surface area contributed by atoms with Gasteiger partial charge in [0.1, 0.15) is 10.8 Å². The molecule has 0 heterocycles. The van der Waals surface area contributed by atoms with Crippen molar-refractivity contribution in [2.24, 2.45) is 11.3 Å². The number of halogens is 2. The maximum atomic E-state index is 13.3. The van der Waals surface area contributed by atoms with Crippen LogP contribution >= 0.6 is 23.2 Å². The van der Waals surface area contributed by atoms with E-state index in [1.54, 1.807) is 6.07 Å². The molecular formula is C19H25Cl2NaO5S. The van der Waals surface area contributed by atoms with Crippen molar-refractivity contribution in [1.29, 1.82) is 0 Å². The summed E-state index contributed by atoms with van der Waals surface area (Å²) in [6, 6.07) is 1.77. The number of fused-ring (bicyclic) bond motifs is 1. The number of carbonyl (C=O) groups excluding carboxylic acids is 1. The van der Waals surface area contributed by atoms with Gasteiger partial charge in [-0.2, -0.15) is 8.42 Å². The van der Waals surface area contributed by atoms with E-state index in [4.69, 9.17) is 32.5 Å². The van der Waals surface area contributed by atoms with Crippen molar-refractivity contribution < 1.29 is 22.5 Å². The summed E-state index contributed by atoms with van der Waals surface area (Å²) in [6.07, 6.45) is 5.99. The first-order valence-corrected chi connectivity index (χ1v) is 11.7. The summed E-state index contributed by atoms with van der Waals surface area (Å²) in [5, 5.41) is 0.395. The quantitative estimate of drug-likeness (QED) is 0.373. The standard InChI is InChI=1S/C19H24Cl2O5S.Na.H/c1-2-19(13-6-3-4-7-13)11-12-10-14(26-8-5-9-27(23,24)25)16(20)17(21)15(12)18(19)22;;/h10,13H,2-9,11H2,1H3,(H,23,24,25);;. The predicted molar refractivity (Wildman–Crippen MR) is 113 cm³/mol. The van der Waals surface area contributed by atoms with Gasteiger partial charge in [-0.15, -0.1) is 0 Å². The Balaban J connectivity index is 0.00000280. The van der Waals surface area contributed by atoms with Gasteiger partial charge in [-0.3, -0.25) is 9.35 Å². The third kappa shape index (κ3) is 4.74. The first-order chi connectivity index (χ1) is 12.7. The summed E-state index contributed by atoms with van der Waals surface area (Å²) in [7, 11) is -4.03. The Labute approximate surface area is 198 Å². The SMILES string of the molecule is CCC1(C2CCCC2)Cc2cc(OCCCS(=O)(=O)O)c(Cl)c(Cl)c2C1=O.[NaH]. The normalized spacial score (nSPS) is 22.2. The molecule has 1 aromatic carbocycles. The van der Waals surface area contributed by atoms with Gasteiger partial charge in [-0.1, -0.05) is 43.0 Å². The van der Waals surface area contributed by atoms with Crippen LogP contribution in [0.3, 0.4) is 0 Å². The third-order valence-corrected chi connectivity index (χ3v) is 7.67. The fourth-order valence-electron chi connectivity index (χ4n) is 4.62. The van der Waals surface area contributed by atoms with E-state index >= 15 is 0 Å². The van der Waals surface area contributed by atoms with E-state index in [0.29, 0.717) is 23.7 Å². The monoisotopic (exact) mass is 458 g/mol. The summed E-state index contributed by atoms with van der Waals surface area (Å²) in [5.41, 5.74) is 0.962. The van der Waals surface area contributed by atoms with E-state index in [2.05, 4.69) is 6.92 Å². The minimum atomic E-state index is -4.03. The van der Waals surface area contributed by atoms with E-state index in [0.717, 1.165) is 37.7 Å². The second-order valence-electron chi connectivity index (χ2n) is 7.52. The Bertz CT molecular complexity index is 852. The zero-order chi connectivity index (χ0) is 19.8. The van der Waals surface area contributed by atoms with Gasteiger partial charge < -0.3 is 4.74 Å². The second kappa shape index (κ2) is 9.54.